The van der Waals surface area contributed by atoms with Gasteiger partial charge >= 0.3 is 5.97 Å². The van der Waals surface area contributed by atoms with Crippen LogP contribution in [0.3, 0.4) is 0 Å². The fraction of sp³-hybridized carbons (Fsp3) is 0.769. The Balaban J connectivity index is 3.04. The van der Waals surface area contributed by atoms with Crippen LogP contribution >= 0.6 is 0 Å². The summed E-state index contributed by atoms with van der Waals surface area (Å²) in [5, 5.41) is 9.04. The van der Waals surface area contributed by atoms with Crippen LogP contribution in [0.4, 0.5) is 0 Å². The number of esters is 1. The standard InChI is InChI=1S/C13H24O3/c1-3-13(15)16-11-9-7-5-4-6-8-10-12(2)14/h3,12,14H,1,4-11H2,2H3. The minimum atomic E-state index is -0.336. The molecule has 1 atom stereocenters. The van der Waals surface area contributed by atoms with Gasteiger partial charge in [0, 0.05) is 6.08 Å². The molecule has 0 aliphatic heterocycles. The lowest BCUT2D eigenvalue weighted by Gasteiger charge is -2.04. The third kappa shape index (κ3) is 11.2. The highest BCUT2D eigenvalue weighted by molar-refractivity contribution is 5.81. The van der Waals surface area contributed by atoms with Gasteiger partial charge in [-0.15, -0.1) is 0 Å². The van der Waals surface area contributed by atoms with Crippen molar-refractivity contribution < 1.29 is 14.6 Å². The molecule has 16 heavy (non-hydrogen) atoms. The molecule has 0 fully saturated rings. The Kier molecular flexibility index (Phi) is 10.1. The monoisotopic (exact) mass is 228 g/mol. The lowest BCUT2D eigenvalue weighted by Crippen LogP contribution is -2.01. The van der Waals surface area contributed by atoms with Gasteiger partial charge in [0.2, 0.25) is 0 Å². The minimum Gasteiger partial charge on any atom is -0.463 e. The summed E-state index contributed by atoms with van der Waals surface area (Å²) in [6.07, 6.45) is 8.59. The van der Waals surface area contributed by atoms with Crippen molar-refractivity contribution >= 4 is 5.97 Å². The molecule has 0 saturated heterocycles. The van der Waals surface area contributed by atoms with E-state index in [1.54, 1.807) is 0 Å². The van der Waals surface area contributed by atoms with E-state index in [1.807, 2.05) is 6.92 Å². The summed E-state index contributed by atoms with van der Waals surface area (Å²) in [5.41, 5.74) is 0. The van der Waals surface area contributed by atoms with Gasteiger partial charge in [-0.3, -0.25) is 0 Å². The number of hydrogen-bond donors (Lipinski definition) is 1. The Morgan fingerprint density at radius 3 is 2.38 bits per heavy atom. The second kappa shape index (κ2) is 10.7. The van der Waals surface area contributed by atoms with Gasteiger partial charge in [-0.25, -0.2) is 4.79 Å². The average Bonchev–Trinajstić information content (AvgIpc) is 2.26. The molecule has 1 unspecified atom stereocenters. The van der Waals surface area contributed by atoms with Crippen LogP contribution in [0.5, 0.6) is 0 Å². The maximum atomic E-state index is 10.7. The van der Waals surface area contributed by atoms with Gasteiger partial charge < -0.3 is 9.84 Å². The van der Waals surface area contributed by atoms with Crippen LogP contribution in [0.2, 0.25) is 0 Å². The number of hydrogen-bond acceptors (Lipinski definition) is 3. The van der Waals surface area contributed by atoms with Gasteiger partial charge in [0.25, 0.3) is 0 Å². The van der Waals surface area contributed by atoms with Gasteiger partial charge in [-0.1, -0.05) is 38.7 Å². The van der Waals surface area contributed by atoms with E-state index in [9.17, 15) is 4.79 Å². The molecule has 0 bridgehead atoms. The van der Waals surface area contributed by atoms with Crippen LogP contribution in [-0.4, -0.2) is 23.8 Å². The van der Waals surface area contributed by atoms with E-state index < -0.39 is 0 Å². The summed E-state index contributed by atoms with van der Waals surface area (Å²) in [4.78, 5) is 10.7. The van der Waals surface area contributed by atoms with Gasteiger partial charge in [0.05, 0.1) is 12.7 Å². The largest absolute Gasteiger partial charge is 0.463 e. The highest BCUT2D eigenvalue weighted by Gasteiger charge is 1.97. The quantitative estimate of drug-likeness (QED) is 0.355. The molecule has 0 aliphatic carbocycles. The molecular weight excluding hydrogens is 204 g/mol. The summed E-state index contributed by atoms with van der Waals surface area (Å²) >= 11 is 0. The first-order chi connectivity index (χ1) is 7.66. The van der Waals surface area contributed by atoms with Crippen LogP contribution in [0.25, 0.3) is 0 Å². The highest BCUT2D eigenvalue weighted by Crippen LogP contribution is 2.08. The smallest absolute Gasteiger partial charge is 0.330 e. The topological polar surface area (TPSA) is 46.5 Å². The van der Waals surface area contributed by atoms with E-state index in [2.05, 4.69) is 6.58 Å². The lowest BCUT2D eigenvalue weighted by molar-refractivity contribution is -0.137. The molecule has 0 aromatic carbocycles. The molecule has 0 heterocycles. The first kappa shape index (κ1) is 15.2. The second-order valence-electron chi connectivity index (χ2n) is 4.13. The summed E-state index contributed by atoms with van der Waals surface area (Å²) < 4.78 is 4.86. The third-order valence-corrected chi connectivity index (χ3v) is 2.43. The zero-order valence-electron chi connectivity index (χ0n) is 10.3. The van der Waals surface area contributed by atoms with Crippen molar-refractivity contribution in [3.05, 3.63) is 12.7 Å². The minimum absolute atomic E-state index is 0.168. The molecule has 3 heteroatoms. The van der Waals surface area contributed by atoms with Crippen molar-refractivity contribution in [1.29, 1.82) is 0 Å². The van der Waals surface area contributed by atoms with Crippen LogP contribution in [-0.2, 0) is 9.53 Å². The number of carbonyl (C=O) groups is 1. The number of carbonyl (C=O) groups excluding carboxylic acids is 1. The first-order valence-electron chi connectivity index (χ1n) is 6.14. The zero-order chi connectivity index (χ0) is 12.2. The van der Waals surface area contributed by atoms with Crippen LogP contribution in [0.15, 0.2) is 12.7 Å². The van der Waals surface area contributed by atoms with Crippen molar-refractivity contribution in [2.45, 2.75) is 58.0 Å². The van der Waals surface area contributed by atoms with Crippen LogP contribution in [0.1, 0.15) is 51.9 Å². The second-order valence-corrected chi connectivity index (χ2v) is 4.13. The molecule has 1 N–H and O–H groups in total. The van der Waals surface area contributed by atoms with Crippen molar-refractivity contribution in [3.8, 4) is 0 Å². The molecule has 0 saturated carbocycles. The molecule has 0 aromatic heterocycles. The molecule has 0 amide bonds. The fourth-order valence-electron chi connectivity index (χ4n) is 1.48. The first-order valence-corrected chi connectivity index (χ1v) is 6.14. The maximum Gasteiger partial charge on any atom is 0.330 e. The van der Waals surface area contributed by atoms with Gasteiger partial charge in [0.1, 0.15) is 0 Å². The molecule has 0 rings (SSSR count). The summed E-state index contributed by atoms with van der Waals surface area (Å²) in [7, 11) is 0. The van der Waals surface area contributed by atoms with Crippen molar-refractivity contribution in [3.63, 3.8) is 0 Å². The average molecular weight is 228 g/mol. The van der Waals surface area contributed by atoms with Gasteiger partial charge in [0.15, 0.2) is 0 Å². The molecule has 0 aromatic rings. The van der Waals surface area contributed by atoms with E-state index >= 15 is 0 Å². The Hall–Kier alpha value is -0.830. The molecule has 0 spiro atoms. The van der Waals surface area contributed by atoms with E-state index in [1.165, 1.54) is 25.3 Å². The number of rotatable bonds is 10. The number of ether oxygens (including phenoxy) is 1. The van der Waals surface area contributed by atoms with E-state index in [0.717, 1.165) is 25.7 Å². The Bertz CT molecular complexity index is 188. The predicted molar refractivity (Wildman–Crippen MR) is 65.2 cm³/mol. The fourth-order valence-corrected chi connectivity index (χ4v) is 1.48. The molecule has 0 aliphatic rings. The number of unbranched alkanes of at least 4 members (excludes halogenated alkanes) is 5. The summed E-state index contributed by atoms with van der Waals surface area (Å²) in [6, 6.07) is 0. The molecule has 94 valence electrons. The Morgan fingerprint density at radius 2 is 1.81 bits per heavy atom. The van der Waals surface area contributed by atoms with Crippen LogP contribution < -0.4 is 0 Å². The van der Waals surface area contributed by atoms with E-state index in [0.29, 0.717) is 6.61 Å². The molecule has 0 radical (unpaired) electrons. The Labute approximate surface area is 98.5 Å². The SMILES string of the molecule is C=CC(=O)OCCCCCCCCC(C)O. The predicted octanol–water partition coefficient (Wildman–Crippen LogP) is 2.83. The maximum absolute atomic E-state index is 10.7. The Morgan fingerprint density at radius 1 is 1.25 bits per heavy atom. The van der Waals surface area contributed by atoms with Gasteiger partial charge in [-0.05, 0) is 19.8 Å². The van der Waals surface area contributed by atoms with Crippen LogP contribution in [0, 0.1) is 0 Å². The molecular formula is C13H24O3. The normalized spacial score (nSPS) is 12.1. The molecule has 3 nitrogen and oxygen atoms in total. The van der Waals surface area contributed by atoms with Crippen molar-refractivity contribution in [1.82, 2.24) is 0 Å². The zero-order valence-corrected chi connectivity index (χ0v) is 10.3. The van der Waals surface area contributed by atoms with Crippen molar-refractivity contribution in [2.75, 3.05) is 6.61 Å². The highest BCUT2D eigenvalue weighted by atomic mass is 16.5. The number of aliphatic hydroxyl groups excluding tert-OH is 1. The lowest BCUT2D eigenvalue weighted by atomic mass is 10.1. The van der Waals surface area contributed by atoms with E-state index in [4.69, 9.17) is 9.84 Å². The third-order valence-electron chi connectivity index (χ3n) is 2.43. The van der Waals surface area contributed by atoms with Gasteiger partial charge in [-0.2, -0.15) is 0 Å². The summed E-state index contributed by atoms with van der Waals surface area (Å²) in [6.45, 7) is 5.65. The van der Waals surface area contributed by atoms with E-state index in [-0.39, 0.29) is 12.1 Å². The number of aliphatic hydroxyl groups is 1. The summed E-state index contributed by atoms with van der Waals surface area (Å²) in [5.74, 6) is -0.336. The van der Waals surface area contributed by atoms with Crippen molar-refractivity contribution in [2.24, 2.45) is 0 Å².